The van der Waals surface area contributed by atoms with E-state index in [1.54, 1.807) is 54.6 Å². The van der Waals surface area contributed by atoms with Gasteiger partial charge in [0, 0.05) is 23.5 Å². The van der Waals surface area contributed by atoms with E-state index in [0.29, 0.717) is 40.3 Å². The summed E-state index contributed by atoms with van der Waals surface area (Å²) in [5.41, 5.74) is 2.51. The highest BCUT2D eigenvalue weighted by Crippen LogP contribution is 2.30. The summed E-state index contributed by atoms with van der Waals surface area (Å²) in [4.78, 5) is 23.7. The second kappa shape index (κ2) is 12.9. The molecule has 216 valence electrons. The molecule has 0 aliphatic rings. The molecule has 0 unspecified atom stereocenters. The van der Waals surface area contributed by atoms with E-state index >= 15 is 0 Å². The first-order valence-corrected chi connectivity index (χ1v) is 14.6. The van der Waals surface area contributed by atoms with Gasteiger partial charge in [0.2, 0.25) is 5.91 Å². The number of methoxy groups -OCH3 is 1. The summed E-state index contributed by atoms with van der Waals surface area (Å²) < 4.78 is 34.9. The molecule has 0 bridgehead atoms. The molecule has 4 aromatic rings. The zero-order valence-electron chi connectivity index (χ0n) is 23.4. The number of aliphatic hydroxyl groups excluding tert-OH is 1. The number of carbonyl (C=O) groups excluding carboxylic acids is 1. The van der Waals surface area contributed by atoms with E-state index in [1.165, 1.54) is 19.2 Å². The van der Waals surface area contributed by atoms with Crippen LogP contribution in [0.25, 0.3) is 11.0 Å². The lowest BCUT2D eigenvalue weighted by Gasteiger charge is -2.23. The number of hydrogen-bond acceptors (Lipinski definition) is 9. The number of fused-ring (bicyclic) bond motifs is 1. The predicted molar refractivity (Wildman–Crippen MR) is 160 cm³/mol. The molecule has 11 nitrogen and oxygen atoms in total. The van der Waals surface area contributed by atoms with Crippen LogP contribution in [-0.4, -0.2) is 60.5 Å². The number of likely N-dealkylation sites (N-methyl/N-ethyl adjacent to an activating group) is 1. The average Bonchev–Trinajstić information content (AvgIpc) is 2.95. The Morgan fingerprint density at radius 3 is 2.32 bits per heavy atom. The largest absolute Gasteiger partial charge is 0.497 e. The first-order valence-electron chi connectivity index (χ1n) is 13.1. The maximum absolute atomic E-state index is 13.5. The van der Waals surface area contributed by atoms with Gasteiger partial charge in [0.1, 0.15) is 5.75 Å². The van der Waals surface area contributed by atoms with Crippen LogP contribution in [0.4, 0.5) is 23.0 Å². The molecule has 0 radical (unpaired) electrons. The molecule has 0 saturated heterocycles. The summed E-state index contributed by atoms with van der Waals surface area (Å²) in [6.07, 6.45) is 0. The van der Waals surface area contributed by atoms with Crippen LogP contribution < -0.4 is 20.1 Å². The van der Waals surface area contributed by atoms with Crippen molar-refractivity contribution < 1.29 is 23.1 Å². The molecule has 12 heteroatoms. The van der Waals surface area contributed by atoms with Crippen LogP contribution in [0.1, 0.15) is 26.3 Å². The molecule has 0 aliphatic heterocycles. The van der Waals surface area contributed by atoms with E-state index in [4.69, 9.17) is 4.74 Å². The number of nitrogens with zero attached hydrogens (tertiary/aromatic N) is 3. The number of nitrogens with one attached hydrogen (secondary N) is 3. The molecule has 0 atom stereocenters. The van der Waals surface area contributed by atoms with Gasteiger partial charge in [0.15, 0.2) is 11.6 Å². The molecule has 41 heavy (non-hydrogen) atoms. The second-order valence-corrected chi connectivity index (χ2v) is 11.3. The Labute approximate surface area is 239 Å². The highest BCUT2D eigenvalue weighted by Gasteiger charge is 2.21. The van der Waals surface area contributed by atoms with E-state index in [0.717, 1.165) is 0 Å². The average molecular weight is 579 g/mol. The van der Waals surface area contributed by atoms with Gasteiger partial charge in [0.05, 0.1) is 36.2 Å². The monoisotopic (exact) mass is 578 g/mol. The third kappa shape index (κ3) is 7.48. The Balaban J connectivity index is 1.64. The first-order chi connectivity index (χ1) is 19.6. The fourth-order valence-corrected chi connectivity index (χ4v) is 5.26. The van der Waals surface area contributed by atoms with E-state index in [9.17, 15) is 18.3 Å². The van der Waals surface area contributed by atoms with Gasteiger partial charge in [-0.2, -0.15) is 0 Å². The van der Waals surface area contributed by atoms with Gasteiger partial charge in [-0.1, -0.05) is 25.1 Å². The van der Waals surface area contributed by atoms with Crippen LogP contribution in [0, 0.1) is 0 Å². The minimum Gasteiger partial charge on any atom is -0.497 e. The van der Waals surface area contributed by atoms with Crippen molar-refractivity contribution >= 4 is 50.0 Å². The molecule has 0 fully saturated rings. The lowest BCUT2D eigenvalue weighted by atomic mass is 10.2. The van der Waals surface area contributed by atoms with Crippen molar-refractivity contribution in [1.29, 1.82) is 0 Å². The third-order valence-electron chi connectivity index (χ3n) is 6.36. The highest BCUT2D eigenvalue weighted by molar-refractivity contribution is 7.92. The Kier molecular flexibility index (Phi) is 9.38. The number of aromatic nitrogens is 2. The van der Waals surface area contributed by atoms with Crippen LogP contribution in [0.15, 0.2) is 71.6 Å². The van der Waals surface area contributed by atoms with E-state index in [-0.39, 0.29) is 41.6 Å². The minimum absolute atomic E-state index is 0.0259. The fourth-order valence-electron chi connectivity index (χ4n) is 4.21. The van der Waals surface area contributed by atoms with Crippen molar-refractivity contribution in [2.45, 2.75) is 38.3 Å². The Bertz CT molecular complexity index is 1620. The summed E-state index contributed by atoms with van der Waals surface area (Å²) in [5.74, 6) is 0.393. The Morgan fingerprint density at radius 1 is 0.976 bits per heavy atom. The first kappa shape index (κ1) is 29.7. The lowest BCUT2D eigenvalue weighted by Crippen LogP contribution is -2.37. The van der Waals surface area contributed by atoms with Gasteiger partial charge in [-0.15, -0.1) is 0 Å². The molecule has 1 heterocycles. The molecule has 3 aromatic carbocycles. The number of aliphatic hydroxyl groups is 1. The zero-order chi connectivity index (χ0) is 29.6. The summed E-state index contributed by atoms with van der Waals surface area (Å²) in [6, 6.07) is 18.4. The molecular weight excluding hydrogens is 544 g/mol. The molecule has 4 rings (SSSR count). The number of anilines is 4. The number of sulfonamides is 1. The summed E-state index contributed by atoms with van der Waals surface area (Å²) in [6.45, 7) is 6.68. The molecule has 0 spiro atoms. The van der Waals surface area contributed by atoms with Crippen LogP contribution >= 0.6 is 0 Å². The second-order valence-electron chi connectivity index (χ2n) is 9.60. The Hall–Kier alpha value is -4.26. The maximum Gasteiger partial charge on any atom is 0.263 e. The van der Waals surface area contributed by atoms with Crippen molar-refractivity contribution in [2.75, 3.05) is 35.6 Å². The van der Waals surface area contributed by atoms with Crippen molar-refractivity contribution in [2.24, 2.45) is 0 Å². The molecule has 0 saturated carbocycles. The normalized spacial score (nSPS) is 11.6. The summed E-state index contributed by atoms with van der Waals surface area (Å²) in [5, 5.41) is 15.5. The third-order valence-corrected chi connectivity index (χ3v) is 7.70. The number of carbonyl (C=O) groups is 1. The summed E-state index contributed by atoms with van der Waals surface area (Å²) >= 11 is 0. The van der Waals surface area contributed by atoms with Crippen LogP contribution in [-0.2, 0) is 21.4 Å². The molecule has 1 amide bonds. The number of ether oxygens (including phenoxy) is 1. The Morgan fingerprint density at radius 2 is 1.68 bits per heavy atom. The summed E-state index contributed by atoms with van der Waals surface area (Å²) in [7, 11) is -2.63. The van der Waals surface area contributed by atoms with Crippen LogP contribution in [0.3, 0.4) is 0 Å². The van der Waals surface area contributed by atoms with Gasteiger partial charge in [-0.05, 0) is 68.4 Å². The minimum atomic E-state index is -4.14. The number of hydrogen-bond donors (Lipinski definition) is 4. The van der Waals surface area contributed by atoms with Gasteiger partial charge < -0.3 is 20.5 Å². The molecule has 1 aromatic heterocycles. The van der Waals surface area contributed by atoms with Crippen molar-refractivity contribution in [3.8, 4) is 5.75 Å². The maximum atomic E-state index is 13.5. The highest BCUT2D eigenvalue weighted by atomic mass is 32.2. The van der Waals surface area contributed by atoms with E-state index in [2.05, 4.69) is 25.3 Å². The van der Waals surface area contributed by atoms with Crippen molar-refractivity contribution in [3.05, 3.63) is 72.3 Å². The fraction of sp³-hybridized carbons (Fsp3) is 0.276. The van der Waals surface area contributed by atoms with Crippen LogP contribution in [0.5, 0.6) is 5.75 Å². The van der Waals surface area contributed by atoms with E-state index in [1.807, 2.05) is 25.7 Å². The lowest BCUT2D eigenvalue weighted by molar-refractivity contribution is -0.117. The molecular formula is C29H34N6O5S. The SMILES string of the molecule is CCN(CC(=O)Nc1cccc(S(=O)(=O)Nc2nc3ccccc3nc2Nc2cc(CO)cc(OC)c2)c1)C(C)C. The van der Waals surface area contributed by atoms with Gasteiger partial charge >= 0.3 is 0 Å². The standard InChI is InChI=1S/C29H34N6O5S/c1-5-35(19(2)3)17-27(37)30-21-9-8-10-24(16-21)41(38,39)34-29-28(32-25-11-6-7-12-26(25)33-29)31-22-13-20(18-36)14-23(15-22)40-4/h6-16,19,36H,5,17-18H2,1-4H3,(H,30,37)(H,31,32)(H,33,34). The zero-order valence-corrected chi connectivity index (χ0v) is 24.2. The topological polar surface area (TPSA) is 146 Å². The molecule has 4 N–H and O–H groups in total. The van der Waals surface area contributed by atoms with Crippen LogP contribution in [0.2, 0.25) is 0 Å². The predicted octanol–water partition coefficient (Wildman–Crippen LogP) is 4.34. The van der Waals surface area contributed by atoms with Gasteiger partial charge in [-0.3, -0.25) is 14.4 Å². The smallest absolute Gasteiger partial charge is 0.263 e. The number of benzene rings is 3. The van der Waals surface area contributed by atoms with E-state index < -0.39 is 10.0 Å². The number of rotatable bonds is 12. The van der Waals surface area contributed by atoms with Gasteiger partial charge in [0.25, 0.3) is 10.0 Å². The van der Waals surface area contributed by atoms with Gasteiger partial charge in [-0.25, -0.2) is 18.4 Å². The molecule has 0 aliphatic carbocycles. The quantitative estimate of drug-likeness (QED) is 0.193. The van der Waals surface area contributed by atoms with Crippen molar-refractivity contribution in [3.63, 3.8) is 0 Å². The number of para-hydroxylation sites is 2. The number of amides is 1. The van der Waals surface area contributed by atoms with Crippen molar-refractivity contribution in [1.82, 2.24) is 14.9 Å².